The Balaban J connectivity index is 2.55. The van der Waals surface area contributed by atoms with Crippen molar-refractivity contribution in [3.63, 3.8) is 0 Å². The Kier molecular flexibility index (Phi) is 5.30. The summed E-state index contributed by atoms with van der Waals surface area (Å²) in [5, 5.41) is 2.57. The van der Waals surface area contributed by atoms with E-state index in [2.05, 4.69) is 10.1 Å². The lowest BCUT2D eigenvalue weighted by molar-refractivity contribution is -0.145. The Labute approximate surface area is 105 Å². The Hall–Kier alpha value is -1.91. The average molecular weight is 253 g/mol. The van der Waals surface area contributed by atoms with E-state index in [-0.39, 0.29) is 18.1 Å². The molecule has 1 aromatic rings. The Morgan fingerprint density at radius 3 is 2.44 bits per heavy atom. The molecule has 18 heavy (non-hydrogen) atoms. The molecule has 0 aliphatic heterocycles. The number of benzene rings is 1. The highest BCUT2D eigenvalue weighted by atomic mass is 19.1. The minimum Gasteiger partial charge on any atom is -0.467 e. The molecule has 0 bridgehead atoms. The maximum Gasteiger partial charge on any atom is 0.328 e. The van der Waals surface area contributed by atoms with Gasteiger partial charge in [0.15, 0.2) is 0 Å². The second-order valence-electron chi connectivity index (χ2n) is 3.85. The summed E-state index contributed by atoms with van der Waals surface area (Å²) < 4.78 is 17.2. The van der Waals surface area contributed by atoms with Crippen molar-refractivity contribution in [2.75, 3.05) is 7.11 Å². The van der Waals surface area contributed by atoms with E-state index in [1.807, 2.05) is 0 Å². The van der Waals surface area contributed by atoms with E-state index in [9.17, 15) is 14.0 Å². The van der Waals surface area contributed by atoms with Gasteiger partial charge < -0.3 is 10.1 Å². The van der Waals surface area contributed by atoms with Crippen molar-refractivity contribution in [2.24, 2.45) is 0 Å². The fraction of sp³-hybridized carbons (Fsp3) is 0.385. The topological polar surface area (TPSA) is 55.4 Å². The number of halogens is 1. The van der Waals surface area contributed by atoms with Crippen LogP contribution in [0.15, 0.2) is 24.3 Å². The van der Waals surface area contributed by atoms with Crippen LogP contribution in [0.25, 0.3) is 0 Å². The molecule has 5 heteroatoms. The third-order valence-electron chi connectivity index (χ3n) is 2.51. The molecule has 0 saturated heterocycles. The highest BCUT2D eigenvalue weighted by Crippen LogP contribution is 2.04. The summed E-state index contributed by atoms with van der Waals surface area (Å²) in [6, 6.07) is 5.02. The predicted molar refractivity (Wildman–Crippen MR) is 64.3 cm³/mol. The van der Waals surface area contributed by atoms with Gasteiger partial charge in [-0.2, -0.15) is 0 Å². The molecule has 1 aromatic carbocycles. The van der Waals surface area contributed by atoms with E-state index < -0.39 is 12.0 Å². The van der Waals surface area contributed by atoms with Crippen molar-refractivity contribution in [3.8, 4) is 0 Å². The van der Waals surface area contributed by atoms with Crippen molar-refractivity contribution in [3.05, 3.63) is 35.6 Å². The first-order chi connectivity index (χ1) is 8.56. The molecule has 4 nitrogen and oxygen atoms in total. The Bertz CT molecular complexity index is 417. The molecule has 0 saturated carbocycles. The van der Waals surface area contributed by atoms with Crippen molar-refractivity contribution in [2.45, 2.75) is 25.8 Å². The van der Waals surface area contributed by atoms with Crippen LogP contribution in [0.3, 0.4) is 0 Å². The fourth-order valence-electron chi connectivity index (χ4n) is 1.50. The first-order valence-electron chi connectivity index (χ1n) is 5.68. The molecule has 0 heterocycles. The number of rotatable bonds is 5. The summed E-state index contributed by atoms with van der Waals surface area (Å²) in [6.45, 7) is 1.78. The molecular weight excluding hydrogens is 237 g/mol. The van der Waals surface area contributed by atoms with Crippen LogP contribution in [-0.4, -0.2) is 25.0 Å². The minimum absolute atomic E-state index is 0.105. The number of carbonyl (C=O) groups excluding carboxylic acids is 2. The molecular formula is C13H16FNO3. The van der Waals surface area contributed by atoms with Crippen LogP contribution >= 0.6 is 0 Å². The lowest BCUT2D eigenvalue weighted by Gasteiger charge is -2.14. The largest absolute Gasteiger partial charge is 0.467 e. The second-order valence-corrected chi connectivity index (χ2v) is 3.85. The van der Waals surface area contributed by atoms with E-state index in [1.54, 1.807) is 6.92 Å². The highest BCUT2D eigenvalue weighted by molar-refractivity contribution is 5.85. The summed E-state index contributed by atoms with van der Waals surface area (Å²) in [6.07, 6.45) is 0.565. The van der Waals surface area contributed by atoms with E-state index in [0.717, 1.165) is 0 Å². The van der Waals surface area contributed by atoms with E-state index >= 15 is 0 Å². The summed E-state index contributed by atoms with van der Waals surface area (Å²) in [7, 11) is 1.27. The molecule has 1 amide bonds. The number of amides is 1. The zero-order valence-electron chi connectivity index (χ0n) is 10.4. The van der Waals surface area contributed by atoms with Crippen LogP contribution < -0.4 is 5.32 Å². The maximum atomic E-state index is 12.7. The molecule has 1 N–H and O–H groups in total. The number of hydrogen-bond acceptors (Lipinski definition) is 3. The molecule has 1 atom stereocenters. The first kappa shape index (κ1) is 14.2. The normalized spacial score (nSPS) is 11.7. The lowest BCUT2D eigenvalue weighted by Crippen LogP contribution is -2.41. The third-order valence-corrected chi connectivity index (χ3v) is 2.51. The van der Waals surface area contributed by atoms with Crippen LogP contribution in [0.5, 0.6) is 0 Å². The van der Waals surface area contributed by atoms with Crippen molar-refractivity contribution >= 4 is 11.9 Å². The third kappa shape index (κ3) is 4.16. The van der Waals surface area contributed by atoms with Gasteiger partial charge >= 0.3 is 5.97 Å². The van der Waals surface area contributed by atoms with Crippen LogP contribution in [0.2, 0.25) is 0 Å². The average Bonchev–Trinajstić information content (AvgIpc) is 2.37. The van der Waals surface area contributed by atoms with Crippen molar-refractivity contribution < 1.29 is 18.7 Å². The summed E-state index contributed by atoms with van der Waals surface area (Å²) >= 11 is 0. The highest BCUT2D eigenvalue weighted by Gasteiger charge is 2.19. The number of ether oxygens (including phenoxy) is 1. The number of methoxy groups -OCH3 is 1. The van der Waals surface area contributed by atoms with E-state index in [4.69, 9.17) is 0 Å². The first-order valence-corrected chi connectivity index (χ1v) is 5.68. The smallest absolute Gasteiger partial charge is 0.328 e. The second kappa shape index (κ2) is 6.74. The zero-order valence-corrected chi connectivity index (χ0v) is 10.4. The van der Waals surface area contributed by atoms with Gasteiger partial charge in [-0.05, 0) is 24.1 Å². The molecule has 0 aliphatic rings. The van der Waals surface area contributed by atoms with Crippen molar-refractivity contribution in [1.82, 2.24) is 5.32 Å². The van der Waals surface area contributed by atoms with E-state index in [1.165, 1.54) is 31.4 Å². The molecule has 1 rings (SSSR count). The SMILES string of the molecule is CC[C@H](NC(=O)Cc1ccc(F)cc1)C(=O)OC. The predicted octanol–water partition coefficient (Wildman–Crippen LogP) is 1.44. The molecule has 0 aliphatic carbocycles. The van der Waals surface area contributed by atoms with Crippen LogP contribution in [0.4, 0.5) is 4.39 Å². The molecule has 0 unspecified atom stereocenters. The maximum absolute atomic E-state index is 12.7. The van der Waals surface area contributed by atoms with Gasteiger partial charge in [0.05, 0.1) is 13.5 Å². The summed E-state index contributed by atoms with van der Waals surface area (Å²) in [5.74, 6) is -1.11. The standard InChI is InChI=1S/C13H16FNO3/c1-3-11(13(17)18-2)15-12(16)8-9-4-6-10(14)7-5-9/h4-7,11H,3,8H2,1-2H3,(H,15,16)/t11-/m0/s1. The van der Waals surface area contributed by atoms with Crippen LogP contribution in [0, 0.1) is 5.82 Å². The van der Waals surface area contributed by atoms with Gasteiger partial charge in [0.2, 0.25) is 5.91 Å². The minimum atomic E-state index is -0.636. The molecule has 0 aromatic heterocycles. The van der Waals surface area contributed by atoms with Gasteiger partial charge in [0.1, 0.15) is 11.9 Å². The lowest BCUT2D eigenvalue weighted by atomic mass is 10.1. The number of carbonyl (C=O) groups is 2. The van der Waals surface area contributed by atoms with E-state index in [0.29, 0.717) is 12.0 Å². The fourth-order valence-corrected chi connectivity index (χ4v) is 1.50. The van der Waals surface area contributed by atoms with Gasteiger partial charge in [0, 0.05) is 0 Å². The molecule has 0 radical (unpaired) electrons. The van der Waals surface area contributed by atoms with Crippen molar-refractivity contribution in [1.29, 1.82) is 0 Å². The van der Waals surface area contributed by atoms with Crippen LogP contribution in [0.1, 0.15) is 18.9 Å². The molecule has 0 spiro atoms. The Morgan fingerprint density at radius 1 is 1.33 bits per heavy atom. The van der Waals surface area contributed by atoms with Gasteiger partial charge in [-0.25, -0.2) is 9.18 Å². The summed E-state index contributed by atoms with van der Waals surface area (Å²) in [5.41, 5.74) is 0.689. The quantitative estimate of drug-likeness (QED) is 0.808. The zero-order chi connectivity index (χ0) is 13.5. The van der Waals surface area contributed by atoms with Crippen LogP contribution in [-0.2, 0) is 20.7 Å². The Morgan fingerprint density at radius 2 is 1.94 bits per heavy atom. The van der Waals surface area contributed by atoms with Gasteiger partial charge in [-0.3, -0.25) is 4.79 Å². The van der Waals surface area contributed by atoms with Gasteiger partial charge in [-0.1, -0.05) is 19.1 Å². The molecule has 0 fully saturated rings. The monoisotopic (exact) mass is 253 g/mol. The van der Waals surface area contributed by atoms with Gasteiger partial charge in [0.25, 0.3) is 0 Å². The number of nitrogens with one attached hydrogen (secondary N) is 1. The number of hydrogen-bond donors (Lipinski definition) is 1. The summed E-state index contributed by atoms with van der Waals surface area (Å²) in [4.78, 5) is 23.0. The number of esters is 1. The molecule has 98 valence electrons. The van der Waals surface area contributed by atoms with Gasteiger partial charge in [-0.15, -0.1) is 0 Å².